The molecular formula is C34H40ClN5O3. The molecule has 1 atom stereocenters. The molecule has 3 heterocycles. The Kier molecular flexibility index (Phi) is 10.8. The average Bonchev–Trinajstić information content (AvgIpc) is 3.38. The number of rotatable bonds is 7. The number of amides is 2. The van der Waals surface area contributed by atoms with Crippen molar-refractivity contribution in [1.82, 2.24) is 14.8 Å². The molecule has 2 aliphatic rings. The molecule has 0 radical (unpaired) electrons. The first-order chi connectivity index (χ1) is 20.6. The second kappa shape index (κ2) is 14.5. The van der Waals surface area contributed by atoms with Gasteiger partial charge in [0.2, 0.25) is 0 Å². The van der Waals surface area contributed by atoms with Gasteiger partial charge in [-0.3, -0.25) is 4.98 Å². The lowest BCUT2D eigenvalue weighted by Crippen LogP contribution is -2.44. The molecule has 9 heteroatoms. The molecule has 2 N–H and O–H groups in total. The number of nitrogens with one attached hydrogen (secondary N) is 1. The van der Waals surface area contributed by atoms with Gasteiger partial charge in [0, 0.05) is 67.2 Å². The number of anilines is 1. The monoisotopic (exact) mass is 601 g/mol. The molecule has 1 fully saturated rings. The van der Waals surface area contributed by atoms with Crippen LogP contribution in [0.3, 0.4) is 0 Å². The summed E-state index contributed by atoms with van der Waals surface area (Å²) in [5.74, 6) is 0.795. The summed E-state index contributed by atoms with van der Waals surface area (Å²) in [6.07, 6.45) is 5.84. The van der Waals surface area contributed by atoms with Crippen molar-refractivity contribution in [1.29, 1.82) is 5.26 Å². The number of likely N-dealkylation sites (tertiary alicyclic amines) is 1. The fraction of sp³-hybridized carbons (Fsp3) is 0.382. The van der Waals surface area contributed by atoms with Crippen molar-refractivity contribution >= 4 is 28.9 Å². The highest BCUT2D eigenvalue weighted by Gasteiger charge is 2.30. The van der Waals surface area contributed by atoms with E-state index in [-0.39, 0.29) is 12.1 Å². The minimum Gasteiger partial charge on any atom is -0.487 e. The van der Waals surface area contributed by atoms with Gasteiger partial charge < -0.3 is 25.0 Å². The van der Waals surface area contributed by atoms with E-state index in [1.165, 1.54) is 6.92 Å². The van der Waals surface area contributed by atoms with Crippen LogP contribution in [-0.4, -0.2) is 58.1 Å². The molecule has 0 bridgehead atoms. The number of ether oxygens (including phenoxy) is 1. The molecule has 0 aliphatic carbocycles. The molecule has 226 valence electrons. The fourth-order valence-corrected chi connectivity index (χ4v) is 5.64. The van der Waals surface area contributed by atoms with Crippen LogP contribution < -0.4 is 10.1 Å². The summed E-state index contributed by atoms with van der Waals surface area (Å²) in [5.41, 5.74) is 4.64. The highest BCUT2D eigenvalue weighted by molar-refractivity contribution is 6.30. The number of pyridine rings is 1. The maximum Gasteiger partial charge on any atom is 0.322 e. The Morgan fingerprint density at radius 3 is 2.70 bits per heavy atom. The minimum absolute atomic E-state index is 0.0828. The summed E-state index contributed by atoms with van der Waals surface area (Å²) < 4.78 is 6.13. The van der Waals surface area contributed by atoms with E-state index in [1.54, 1.807) is 38.2 Å². The Balaban J connectivity index is 0.00000135. The maximum absolute atomic E-state index is 13.0. The molecule has 2 aliphatic heterocycles. The fourth-order valence-electron chi connectivity index (χ4n) is 5.51. The molecule has 2 amide bonds. The van der Waals surface area contributed by atoms with Crippen molar-refractivity contribution in [3.05, 3.63) is 94.3 Å². The SMILES string of the molecule is CC#N.CCN(C(=O)Nc1ccc(Cl)cc1)C1CCN(CCC=C2c3cc(C(C)(C)O)ccc3OCc3ncccc32)C1. The van der Waals surface area contributed by atoms with Gasteiger partial charge in [-0.15, -0.1) is 0 Å². The molecule has 1 aromatic heterocycles. The number of urea groups is 1. The molecule has 8 nitrogen and oxygen atoms in total. The van der Waals surface area contributed by atoms with Crippen LogP contribution in [-0.2, 0) is 12.2 Å². The minimum atomic E-state index is -0.959. The third kappa shape index (κ3) is 8.14. The predicted molar refractivity (Wildman–Crippen MR) is 171 cm³/mol. The lowest BCUT2D eigenvalue weighted by atomic mass is 9.90. The third-order valence-electron chi connectivity index (χ3n) is 7.70. The Hall–Kier alpha value is -3.90. The number of hydrogen-bond donors (Lipinski definition) is 2. The number of benzene rings is 2. The largest absolute Gasteiger partial charge is 0.487 e. The number of nitrogens with zero attached hydrogens (tertiary/aromatic N) is 4. The van der Waals surface area contributed by atoms with Gasteiger partial charge in [0.1, 0.15) is 12.4 Å². The Bertz CT molecular complexity index is 1480. The molecule has 0 spiro atoms. The van der Waals surface area contributed by atoms with Crippen LogP contribution in [0.2, 0.25) is 5.02 Å². The van der Waals surface area contributed by atoms with E-state index >= 15 is 0 Å². The van der Waals surface area contributed by atoms with Crippen molar-refractivity contribution in [3.63, 3.8) is 0 Å². The molecule has 3 aromatic rings. The van der Waals surface area contributed by atoms with Crippen LogP contribution in [0.5, 0.6) is 5.75 Å². The summed E-state index contributed by atoms with van der Waals surface area (Å²) in [6.45, 7) is 10.8. The highest BCUT2D eigenvalue weighted by Crippen LogP contribution is 2.38. The van der Waals surface area contributed by atoms with Crippen LogP contribution in [0.15, 0.2) is 66.9 Å². The van der Waals surface area contributed by atoms with Gasteiger partial charge in [0.25, 0.3) is 0 Å². The van der Waals surface area contributed by atoms with E-state index in [4.69, 9.17) is 21.6 Å². The topological polar surface area (TPSA) is 102 Å². The zero-order valence-electron chi connectivity index (χ0n) is 25.3. The summed E-state index contributed by atoms with van der Waals surface area (Å²) >= 11 is 5.98. The Morgan fingerprint density at radius 1 is 1.26 bits per heavy atom. The molecular weight excluding hydrogens is 562 g/mol. The van der Waals surface area contributed by atoms with Gasteiger partial charge in [-0.1, -0.05) is 29.8 Å². The molecule has 43 heavy (non-hydrogen) atoms. The molecule has 0 saturated carbocycles. The summed E-state index contributed by atoms with van der Waals surface area (Å²) in [6, 6.07) is 19.0. The number of halogens is 1. The molecule has 1 unspecified atom stereocenters. The van der Waals surface area contributed by atoms with Gasteiger partial charge in [0.15, 0.2) is 0 Å². The maximum atomic E-state index is 13.0. The van der Waals surface area contributed by atoms with Crippen molar-refractivity contribution in [2.24, 2.45) is 0 Å². The van der Waals surface area contributed by atoms with Gasteiger partial charge in [-0.25, -0.2) is 4.79 Å². The van der Waals surface area contributed by atoms with E-state index in [2.05, 4.69) is 27.3 Å². The summed E-state index contributed by atoms with van der Waals surface area (Å²) in [4.78, 5) is 22.0. The first-order valence-electron chi connectivity index (χ1n) is 14.7. The third-order valence-corrected chi connectivity index (χ3v) is 7.95. The van der Waals surface area contributed by atoms with Gasteiger partial charge in [0.05, 0.1) is 17.4 Å². The number of carbonyl (C=O) groups excluding carboxylic acids is 1. The Morgan fingerprint density at radius 2 is 2.00 bits per heavy atom. The van der Waals surface area contributed by atoms with E-state index in [0.29, 0.717) is 18.2 Å². The van der Waals surface area contributed by atoms with E-state index in [1.807, 2.05) is 48.2 Å². The number of carbonyl (C=O) groups is 1. The Labute approximate surface area is 259 Å². The molecule has 2 aromatic carbocycles. The first-order valence-corrected chi connectivity index (χ1v) is 15.0. The number of aromatic nitrogens is 1. The van der Waals surface area contributed by atoms with Crippen LogP contribution in [0.1, 0.15) is 62.9 Å². The normalized spacial score (nSPS) is 17.0. The van der Waals surface area contributed by atoms with Crippen LogP contribution in [0.25, 0.3) is 5.57 Å². The highest BCUT2D eigenvalue weighted by atomic mass is 35.5. The standard InChI is InChI=1S/C32H37ClN4O3.C2H3N/c1-4-37(31(38)35-24-12-10-23(33)11-13-24)25-15-18-36(20-25)17-6-8-26-27-7-5-16-34-29(27)21-40-30-14-9-22(19-28(26)30)32(2,3)39;1-2-3/h5,7-14,16,19,25,39H,4,6,15,17-18,20-21H2,1-3H3,(H,35,38);1H3. The van der Waals surface area contributed by atoms with E-state index in [0.717, 1.165) is 71.9 Å². The average molecular weight is 602 g/mol. The van der Waals surface area contributed by atoms with Crippen molar-refractivity contribution < 1.29 is 14.6 Å². The smallest absolute Gasteiger partial charge is 0.322 e. The first kappa shape index (κ1) is 32.0. The zero-order valence-corrected chi connectivity index (χ0v) is 26.1. The van der Waals surface area contributed by atoms with E-state index in [9.17, 15) is 9.90 Å². The van der Waals surface area contributed by atoms with Crippen molar-refractivity contribution in [2.45, 2.75) is 58.8 Å². The summed E-state index contributed by atoms with van der Waals surface area (Å²) in [7, 11) is 0. The van der Waals surface area contributed by atoms with Crippen molar-refractivity contribution in [2.75, 3.05) is 31.5 Å². The second-order valence-corrected chi connectivity index (χ2v) is 11.6. The predicted octanol–water partition coefficient (Wildman–Crippen LogP) is 6.83. The van der Waals surface area contributed by atoms with Gasteiger partial charge >= 0.3 is 6.03 Å². The van der Waals surface area contributed by atoms with Crippen LogP contribution in [0, 0.1) is 11.3 Å². The summed E-state index contributed by atoms with van der Waals surface area (Å²) in [5, 5.41) is 21.6. The lowest BCUT2D eigenvalue weighted by molar-refractivity contribution is 0.0785. The van der Waals surface area contributed by atoms with Crippen LogP contribution in [0.4, 0.5) is 10.5 Å². The second-order valence-electron chi connectivity index (χ2n) is 11.2. The van der Waals surface area contributed by atoms with Gasteiger partial charge in [-0.05, 0) is 87.2 Å². The molecule has 5 rings (SSSR count). The van der Waals surface area contributed by atoms with Crippen molar-refractivity contribution in [3.8, 4) is 11.8 Å². The number of likely N-dealkylation sites (N-methyl/N-ethyl adjacent to an activating group) is 1. The number of hydrogen-bond acceptors (Lipinski definition) is 6. The van der Waals surface area contributed by atoms with E-state index < -0.39 is 5.60 Å². The van der Waals surface area contributed by atoms with Crippen LogP contribution >= 0.6 is 11.6 Å². The lowest BCUT2D eigenvalue weighted by Gasteiger charge is -2.28. The zero-order chi connectivity index (χ0) is 31.0. The number of fused-ring (bicyclic) bond motifs is 2. The van der Waals surface area contributed by atoms with Gasteiger partial charge in [-0.2, -0.15) is 5.26 Å². The molecule has 1 saturated heterocycles. The number of aliphatic hydroxyl groups is 1. The quantitative estimate of drug-likeness (QED) is 0.308. The number of nitriles is 1.